The highest BCUT2D eigenvalue weighted by Crippen LogP contribution is 2.33. The Bertz CT molecular complexity index is 578. The first-order valence-corrected chi connectivity index (χ1v) is 7.60. The lowest BCUT2D eigenvalue weighted by Gasteiger charge is -2.22. The predicted octanol–water partition coefficient (Wildman–Crippen LogP) is 4.65. The van der Waals surface area contributed by atoms with E-state index in [1.807, 2.05) is 12.1 Å². The van der Waals surface area contributed by atoms with Gasteiger partial charge in [0.05, 0.1) is 0 Å². The summed E-state index contributed by atoms with van der Waals surface area (Å²) < 4.78 is 0. The average Bonchev–Trinajstić information content (AvgIpc) is 2.42. The smallest absolute Gasteiger partial charge is 0.0343 e. The summed E-state index contributed by atoms with van der Waals surface area (Å²) in [4.78, 5) is 0. The molecule has 2 aromatic carbocycles. The van der Waals surface area contributed by atoms with Crippen LogP contribution in [0.2, 0.25) is 0 Å². The number of aryl methyl sites for hydroxylation is 2. The van der Waals surface area contributed by atoms with Crippen LogP contribution in [0.15, 0.2) is 36.4 Å². The lowest BCUT2D eigenvalue weighted by atomic mass is 9.83. The van der Waals surface area contributed by atoms with Crippen molar-refractivity contribution in [3.63, 3.8) is 0 Å². The van der Waals surface area contributed by atoms with E-state index in [0.717, 1.165) is 28.9 Å². The molecule has 2 rings (SSSR count). The highest BCUT2D eigenvalue weighted by molar-refractivity contribution is 5.52. The zero-order valence-electron chi connectivity index (χ0n) is 13.5. The molecule has 0 unspecified atom stereocenters. The maximum Gasteiger partial charge on any atom is 0.0343 e. The van der Waals surface area contributed by atoms with Crippen molar-refractivity contribution in [2.75, 3.05) is 11.5 Å². The van der Waals surface area contributed by atoms with Crippen molar-refractivity contribution < 1.29 is 0 Å². The third-order valence-electron chi connectivity index (χ3n) is 4.10. The first-order chi connectivity index (χ1) is 9.88. The fraction of sp³-hybridized carbons (Fsp3) is 0.368. The van der Waals surface area contributed by atoms with Gasteiger partial charge in [-0.3, -0.25) is 0 Å². The minimum atomic E-state index is 0.392. The van der Waals surface area contributed by atoms with Gasteiger partial charge in [0.25, 0.3) is 0 Å². The maximum atomic E-state index is 5.96. The Hall–Kier alpha value is -1.96. The summed E-state index contributed by atoms with van der Waals surface area (Å²) in [7, 11) is 0. The largest absolute Gasteiger partial charge is 0.399 e. The molecule has 0 atom stereocenters. The van der Waals surface area contributed by atoms with E-state index in [-0.39, 0.29) is 0 Å². The van der Waals surface area contributed by atoms with Crippen molar-refractivity contribution in [3.05, 3.63) is 58.7 Å². The number of hydrogen-bond acceptors (Lipinski definition) is 2. The number of anilines is 2. The van der Waals surface area contributed by atoms with E-state index in [4.69, 9.17) is 11.5 Å². The van der Waals surface area contributed by atoms with Gasteiger partial charge in [-0.2, -0.15) is 0 Å². The van der Waals surface area contributed by atoms with E-state index < -0.39 is 0 Å². The summed E-state index contributed by atoms with van der Waals surface area (Å²) in [6.45, 7) is 8.67. The number of nitrogens with two attached hydrogens (primary N) is 2. The standard InChI is InChI=1S/C19H26N2/c1-12(2)9-17(15-5-7-18(20)13(3)10-15)16-6-8-19(21)14(4)11-16/h5-8,10-12,17H,9,20-21H2,1-4H3. The average molecular weight is 282 g/mol. The Morgan fingerprint density at radius 1 is 0.810 bits per heavy atom. The topological polar surface area (TPSA) is 52.0 Å². The van der Waals surface area contributed by atoms with Crippen LogP contribution in [0.25, 0.3) is 0 Å². The van der Waals surface area contributed by atoms with E-state index in [0.29, 0.717) is 11.8 Å². The summed E-state index contributed by atoms with van der Waals surface area (Å²) >= 11 is 0. The van der Waals surface area contributed by atoms with E-state index >= 15 is 0 Å². The van der Waals surface area contributed by atoms with Crippen molar-refractivity contribution in [2.45, 2.75) is 40.0 Å². The second kappa shape index (κ2) is 6.21. The predicted molar refractivity (Wildman–Crippen MR) is 92.5 cm³/mol. The minimum Gasteiger partial charge on any atom is -0.399 e. The second-order valence-corrected chi connectivity index (χ2v) is 6.41. The third-order valence-corrected chi connectivity index (χ3v) is 4.10. The monoisotopic (exact) mass is 282 g/mol. The van der Waals surface area contributed by atoms with Crippen LogP contribution in [0, 0.1) is 19.8 Å². The van der Waals surface area contributed by atoms with E-state index in [1.165, 1.54) is 11.1 Å². The van der Waals surface area contributed by atoms with Gasteiger partial charge in [-0.1, -0.05) is 38.1 Å². The van der Waals surface area contributed by atoms with Gasteiger partial charge in [0, 0.05) is 17.3 Å². The van der Waals surface area contributed by atoms with Crippen LogP contribution in [-0.2, 0) is 0 Å². The van der Waals surface area contributed by atoms with E-state index in [1.54, 1.807) is 0 Å². The fourth-order valence-corrected chi connectivity index (χ4v) is 2.77. The molecule has 0 saturated carbocycles. The summed E-state index contributed by atoms with van der Waals surface area (Å²) in [5, 5.41) is 0. The highest BCUT2D eigenvalue weighted by Gasteiger charge is 2.17. The van der Waals surface area contributed by atoms with Crippen LogP contribution < -0.4 is 11.5 Å². The maximum absolute atomic E-state index is 5.96. The molecule has 112 valence electrons. The SMILES string of the molecule is Cc1cc(C(CC(C)C)c2ccc(N)c(C)c2)ccc1N. The van der Waals surface area contributed by atoms with Gasteiger partial charge in [0.2, 0.25) is 0 Å². The molecule has 2 aromatic rings. The van der Waals surface area contributed by atoms with Gasteiger partial charge in [0.15, 0.2) is 0 Å². The zero-order chi connectivity index (χ0) is 15.6. The van der Waals surface area contributed by atoms with Crippen LogP contribution in [0.3, 0.4) is 0 Å². The molecule has 0 aliphatic rings. The molecule has 2 nitrogen and oxygen atoms in total. The van der Waals surface area contributed by atoms with Gasteiger partial charge in [-0.05, 0) is 60.6 Å². The van der Waals surface area contributed by atoms with E-state index in [2.05, 4.69) is 52.0 Å². The van der Waals surface area contributed by atoms with Crippen LogP contribution in [0.1, 0.15) is 48.4 Å². The van der Waals surface area contributed by atoms with Gasteiger partial charge < -0.3 is 11.5 Å². The van der Waals surface area contributed by atoms with Crippen molar-refractivity contribution >= 4 is 11.4 Å². The summed E-state index contributed by atoms with van der Waals surface area (Å²) in [5.74, 6) is 1.02. The molecule has 0 heterocycles. The Kier molecular flexibility index (Phi) is 4.56. The molecule has 0 aromatic heterocycles. The summed E-state index contributed by atoms with van der Waals surface area (Å²) in [6, 6.07) is 12.8. The molecule has 21 heavy (non-hydrogen) atoms. The number of hydrogen-bond donors (Lipinski definition) is 2. The molecule has 2 heteroatoms. The van der Waals surface area contributed by atoms with Gasteiger partial charge in [0.1, 0.15) is 0 Å². The quantitative estimate of drug-likeness (QED) is 0.802. The van der Waals surface area contributed by atoms with Crippen LogP contribution in [0.5, 0.6) is 0 Å². The number of rotatable bonds is 4. The summed E-state index contributed by atoms with van der Waals surface area (Å²) in [6.07, 6.45) is 1.12. The first kappa shape index (κ1) is 15.4. The molecule has 0 bridgehead atoms. The van der Waals surface area contributed by atoms with Gasteiger partial charge >= 0.3 is 0 Å². The van der Waals surface area contributed by atoms with E-state index in [9.17, 15) is 0 Å². The molecule has 0 aliphatic carbocycles. The summed E-state index contributed by atoms with van der Waals surface area (Å²) in [5.41, 5.74) is 18.6. The second-order valence-electron chi connectivity index (χ2n) is 6.41. The highest BCUT2D eigenvalue weighted by atomic mass is 14.6. The molecule has 4 N–H and O–H groups in total. The Morgan fingerprint density at radius 2 is 1.24 bits per heavy atom. The van der Waals surface area contributed by atoms with Gasteiger partial charge in [-0.25, -0.2) is 0 Å². The third kappa shape index (κ3) is 3.57. The lowest BCUT2D eigenvalue weighted by Crippen LogP contribution is -2.07. The molecule has 0 saturated heterocycles. The van der Waals surface area contributed by atoms with Crippen LogP contribution >= 0.6 is 0 Å². The molecule has 0 fully saturated rings. The number of benzene rings is 2. The van der Waals surface area contributed by atoms with Crippen molar-refractivity contribution in [1.29, 1.82) is 0 Å². The van der Waals surface area contributed by atoms with Crippen molar-refractivity contribution in [1.82, 2.24) is 0 Å². The lowest BCUT2D eigenvalue weighted by molar-refractivity contribution is 0.541. The Morgan fingerprint density at radius 3 is 1.57 bits per heavy atom. The molecule has 0 amide bonds. The van der Waals surface area contributed by atoms with Crippen LogP contribution in [-0.4, -0.2) is 0 Å². The molecular weight excluding hydrogens is 256 g/mol. The molecule has 0 spiro atoms. The molecule has 0 aliphatic heterocycles. The first-order valence-electron chi connectivity index (χ1n) is 7.60. The number of nitrogen functional groups attached to an aromatic ring is 2. The zero-order valence-corrected chi connectivity index (χ0v) is 13.5. The molecule has 0 radical (unpaired) electrons. The Labute approximate surface area is 128 Å². The van der Waals surface area contributed by atoms with Crippen LogP contribution in [0.4, 0.5) is 11.4 Å². The van der Waals surface area contributed by atoms with Crippen molar-refractivity contribution in [3.8, 4) is 0 Å². The van der Waals surface area contributed by atoms with Crippen molar-refractivity contribution in [2.24, 2.45) is 5.92 Å². The fourth-order valence-electron chi connectivity index (χ4n) is 2.77. The normalized spacial score (nSPS) is 11.3. The van der Waals surface area contributed by atoms with Gasteiger partial charge in [-0.15, -0.1) is 0 Å². The minimum absolute atomic E-state index is 0.392. The Balaban J connectivity index is 2.46. The molecular formula is C19H26N2.